The highest BCUT2D eigenvalue weighted by atomic mass is 16.4. The molecule has 1 atom stereocenters. The third-order valence-electron chi connectivity index (χ3n) is 4.45. The van der Waals surface area contributed by atoms with Crippen LogP contribution in [-0.2, 0) is 4.79 Å². The van der Waals surface area contributed by atoms with Gasteiger partial charge >= 0.3 is 5.97 Å². The number of carboxylic acids is 1. The molecule has 1 amide bonds. The molecule has 1 aliphatic heterocycles. The summed E-state index contributed by atoms with van der Waals surface area (Å²) in [6, 6.07) is 9.64. The molecule has 120 valence electrons. The van der Waals surface area contributed by atoms with Gasteiger partial charge in [0.2, 0.25) is 0 Å². The summed E-state index contributed by atoms with van der Waals surface area (Å²) in [6.07, 6.45) is 4.36. The predicted octanol–water partition coefficient (Wildman–Crippen LogP) is 2.95. The fraction of sp³-hybridized carbons (Fsp3) is 0.389. The number of hydrogen-bond donors (Lipinski definition) is 1. The fourth-order valence-corrected chi connectivity index (χ4v) is 3.25. The summed E-state index contributed by atoms with van der Waals surface area (Å²) in [5.41, 5.74) is 0.488. The van der Waals surface area contributed by atoms with E-state index in [9.17, 15) is 9.59 Å². The highest BCUT2D eigenvalue weighted by Gasteiger charge is 2.26. The number of benzene rings is 1. The average molecular weight is 312 g/mol. The van der Waals surface area contributed by atoms with Crippen LogP contribution in [0.1, 0.15) is 36.2 Å². The van der Waals surface area contributed by atoms with Crippen molar-refractivity contribution in [3.05, 3.63) is 42.2 Å². The zero-order chi connectivity index (χ0) is 16.2. The summed E-state index contributed by atoms with van der Waals surface area (Å²) in [7, 11) is 0. The number of nitrogens with zero attached hydrogens (tertiary/aromatic N) is 2. The van der Waals surface area contributed by atoms with Gasteiger partial charge in [-0.2, -0.15) is 0 Å². The summed E-state index contributed by atoms with van der Waals surface area (Å²) < 4.78 is 0. The van der Waals surface area contributed by atoms with Gasteiger partial charge in [0, 0.05) is 31.1 Å². The van der Waals surface area contributed by atoms with Crippen LogP contribution in [0, 0.1) is 5.92 Å². The summed E-state index contributed by atoms with van der Waals surface area (Å²) in [4.78, 5) is 29.7. The van der Waals surface area contributed by atoms with Gasteiger partial charge in [-0.3, -0.25) is 14.6 Å². The fourth-order valence-electron chi connectivity index (χ4n) is 3.25. The van der Waals surface area contributed by atoms with Gasteiger partial charge in [0.1, 0.15) is 5.69 Å². The van der Waals surface area contributed by atoms with Crippen LogP contribution >= 0.6 is 0 Å². The van der Waals surface area contributed by atoms with Crippen molar-refractivity contribution in [2.24, 2.45) is 5.92 Å². The van der Waals surface area contributed by atoms with Gasteiger partial charge in [-0.15, -0.1) is 0 Å². The minimum Gasteiger partial charge on any atom is -0.481 e. The second-order valence-corrected chi connectivity index (χ2v) is 6.07. The normalized spacial score (nSPS) is 18.1. The molecule has 0 unspecified atom stereocenters. The molecule has 1 aromatic heterocycles. The molecule has 0 saturated carbocycles. The number of piperidine rings is 1. The number of carbonyl (C=O) groups is 2. The lowest BCUT2D eigenvalue weighted by Crippen LogP contribution is -2.40. The first kappa shape index (κ1) is 15.5. The van der Waals surface area contributed by atoms with Crippen LogP contribution in [-0.4, -0.2) is 40.0 Å². The Kier molecular flexibility index (Phi) is 4.55. The van der Waals surface area contributed by atoms with Crippen LogP contribution in [0.5, 0.6) is 0 Å². The van der Waals surface area contributed by atoms with Gasteiger partial charge in [0.25, 0.3) is 5.91 Å². The number of aliphatic carboxylic acids is 1. The minimum atomic E-state index is -0.774. The van der Waals surface area contributed by atoms with E-state index in [1.54, 1.807) is 6.20 Å². The van der Waals surface area contributed by atoms with E-state index in [4.69, 9.17) is 5.11 Å². The molecule has 0 radical (unpaired) electrons. The lowest BCUT2D eigenvalue weighted by atomic mass is 9.93. The first-order chi connectivity index (χ1) is 11.1. The molecule has 1 N–H and O–H groups in total. The number of rotatable bonds is 4. The zero-order valence-electron chi connectivity index (χ0n) is 12.9. The maximum Gasteiger partial charge on any atom is 0.303 e. The molecule has 1 saturated heterocycles. The van der Waals surface area contributed by atoms with Crippen LogP contribution in [0.4, 0.5) is 0 Å². The monoisotopic (exact) mass is 312 g/mol. The second kappa shape index (κ2) is 6.77. The Labute approximate surface area is 134 Å². The molecule has 1 aromatic carbocycles. The first-order valence-electron chi connectivity index (χ1n) is 8.00. The molecule has 23 heavy (non-hydrogen) atoms. The Morgan fingerprint density at radius 1 is 1.26 bits per heavy atom. The maximum absolute atomic E-state index is 12.8. The van der Waals surface area contributed by atoms with Crippen molar-refractivity contribution >= 4 is 22.6 Å². The minimum absolute atomic E-state index is 0.0539. The SMILES string of the molecule is O=C(O)CC[C@@H]1CCCN(C(=O)c2nccc3ccccc23)C1. The molecule has 1 fully saturated rings. The van der Waals surface area contributed by atoms with E-state index in [0.29, 0.717) is 25.2 Å². The third-order valence-corrected chi connectivity index (χ3v) is 4.45. The highest BCUT2D eigenvalue weighted by molar-refractivity contribution is 6.05. The van der Waals surface area contributed by atoms with Gasteiger partial charge in [-0.25, -0.2) is 0 Å². The number of carbonyl (C=O) groups excluding carboxylic acids is 1. The van der Waals surface area contributed by atoms with Crippen molar-refractivity contribution < 1.29 is 14.7 Å². The Morgan fingerprint density at radius 3 is 2.91 bits per heavy atom. The predicted molar refractivity (Wildman–Crippen MR) is 87.2 cm³/mol. The summed E-state index contributed by atoms with van der Waals surface area (Å²) in [6.45, 7) is 1.34. The summed E-state index contributed by atoms with van der Waals surface area (Å²) >= 11 is 0. The van der Waals surface area contributed by atoms with E-state index >= 15 is 0 Å². The average Bonchev–Trinajstić information content (AvgIpc) is 2.59. The van der Waals surface area contributed by atoms with E-state index < -0.39 is 5.97 Å². The van der Waals surface area contributed by atoms with Crippen LogP contribution < -0.4 is 0 Å². The van der Waals surface area contributed by atoms with E-state index in [1.807, 2.05) is 35.2 Å². The van der Waals surface area contributed by atoms with E-state index in [1.165, 1.54) is 0 Å². The molecule has 5 nitrogen and oxygen atoms in total. The van der Waals surface area contributed by atoms with Gasteiger partial charge in [0.05, 0.1) is 0 Å². The van der Waals surface area contributed by atoms with E-state index in [-0.39, 0.29) is 18.2 Å². The summed E-state index contributed by atoms with van der Waals surface area (Å²) in [5.74, 6) is -0.565. The maximum atomic E-state index is 12.8. The quantitative estimate of drug-likeness (QED) is 0.942. The standard InChI is InChI=1S/C18H20N2O3/c21-16(22)8-7-13-4-3-11-20(12-13)18(23)17-15-6-2-1-5-14(15)9-10-19-17/h1-2,5-6,9-10,13H,3-4,7-8,11-12H2,(H,21,22)/t13-/m0/s1. The molecule has 1 aliphatic rings. The Balaban J connectivity index is 1.77. The van der Waals surface area contributed by atoms with Crippen molar-refractivity contribution in [2.45, 2.75) is 25.7 Å². The van der Waals surface area contributed by atoms with Crippen molar-refractivity contribution in [1.29, 1.82) is 0 Å². The molecule has 0 aliphatic carbocycles. The van der Waals surface area contributed by atoms with Crippen molar-refractivity contribution in [2.75, 3.05) is 13.1 Å². The lowest BCUT2D eigenvalue weighted by molar-refractivity contribution is -0.137. The van der Waals surface area contributed by atoms with Gasteiger partial charge in [-0.1, -0.05) is 24.3 Å². The number of carboxylic acid groups (broad SMARTS) is 1. The lowest BCUT2D eigenvalue weighted by Gasteiger charge is -2.32. The van der Waals surface area contributed by atoms with Crippen LogP contribution in [0.3, 0.4) is 0 Å². The molecule has 0 spiro atoms. The second-order valence-electron chi connectivity index (χ2n) is 6.07. The van der Waals surface area contributed by atoms with Crippen molar-refractivity contribution in [3.8, 4) is 0 Å². The Morgan fingerprint density at radius 2 is 2.09 bits per heavy atom. The Hall–Kier alpha value is -2.43. The van der Waals surface area contributed by atoms with Gasteiger partial charge in [-0.05, 0) is 36.6 Å². The van der Waals surface area contributed by atoms with Gasteiger partial charge in [0.15, 0.2) is 0 Å². The van der Waals surface area contributed by atoms with Crippen LogP contribution in [0.25, 0.3) is 10.8 Å². The van der Waals surface area contributed by atoms with Crippen LogP contribution in [0.2, 0.25) is 0 Å². The largest absolute Gasteiger partial charge is 0.481 e. The smallest absolute Gasteiger partial charge is 0.303 e. The van der Waals surface area contributed by atoms with E-state index in [0.717, 1.165) is 23.6 Å². The molecular weight excluding hydrogens is 292 g/mol. The zero-order valence-corrected chi connectivity index (χ0v) is 12.9. The molecule has 2 heterocycles. The third kappa shape index (κ3) is 3.50. The van der Waals surface area contributed by atoms with Crippen molar-refractivity contribution in [1.82, 2.24) is 9.88 Å². The number of amides is 1. The summed E-state index contributed by atoms with van der Waals surface area (Å²) in [5, 5.41) is 10.7. The molecule has 0 bridgehead atoms. The van der Waals surface area contributed by atoms with Crippen LogP contribution in [0.15, 0.2) is 36.5 Å². The number of likely N-dealkylation sites (tertiary alicyclic amines) is 1. The highest BCUT2D eigenvalue weighted by Crippen LogP contribution is 2.24. The van der Waals surface area contributed by atoms with E-state index in [2.05, 4.69) is 4.98 Å². The topological polar surface area (TPSA) is 70.5 Å². The molecule has 5 heteroatoms. The number of pyridine rings is 1. The van der Waals surface area contributed by atoms with Gasteiger partial charge < -0.3 is 10.0 Å². The molecule has 2 aromatic rings. The number of hydrogen-bond acceptors (Lipinski definition) is 3. The Bertz CT molecular complexity index is 724. The molecular formula is C18H20N2O3. The first-order valence-corrected chi connectivity index (χ1v) is 8.00. The molecule has 3 rings (SSSR count). The number of aromatic nitrogens is 1. The number of fused-ring (bicyclic) bond motifs is 1. The van der Waals surface area contributed by atoms with Crippen molar-refractivity contribution in [3.63, 3.8) is 0 Å².